The average Bonchev–Trinajstić information content (AvgIpc) is 3.21. The molecular weight excluding hydrogens is 390 g/mol. The van der Waals surface area contributed by atoms with Gasteiger partial charge in [0, 0.05) is 24.6 Å². The van der Waals surface area contributed by atoms with Crippen molar-refractivity contribution in [2.24, 2.45) is 0 Å². The third-order valence-corrected chi connectivity index (χ3v) is 6.52. The minimum absolute atomic E-state index is 0.0441. The summed E-state index contributed by atoms with van der Waals surface area (Å²) in [6.45, 7) is 2.29. The van der Waals surface area contributed by atoms with E-state index in [1.54, 1.807) is 17.8 Å². The van der Waals surface area contributed by atoms with Crippen LogP contribution in [0.3, 0.4) is 0 Å². The van der Waals surface area contributed by atoms with Crippen LogP contribution in [0.25, 0.3) is 0 Å². The molecule has 0 saturated carbocycles. The van der Waals surface area contributed by atoms with E-state index in [-0.39, 0.29) is 23.7 Å². The summed E-state index contributed by atoms with van der Waals surface area (Å²) in [7, 11) is 0. The van der Waals surface area contributed by atoms with Crippen molar-refractivity contribution in [1.82, 2.24) is 15.0 Å². The number of ether oxygens (including phenoxy) is 1. The highest BCUT2D eigenvalue weighted by Crippen LogP contribution is 2.35. The number of amides is 1. The summed E-state index contributed by atoms with van der Waals surface area (Å²) in [5.41, 5.74) is 0.929. The second kappa shape index (κ2) is 7.67. The molecule has 150 valence electrons. The lowest BCUT2D eigenvalue weighted by Crippen LogP contribution is -2.27. The summed E-state index contributed by atoms with van der Waals surface area (Å²) in [6.07, 6.45) is 1.71. The molecule has 1 atom stereocenters. The predicted molar refractivity (Wildman–Crippen MR) is 100 cm³/mol. The van der Waals surface area contributed by atoms with Gasteiger partial charge in [-0.25, -0.2) is 18.3 Å². The van der Waals surface area contributed by atoms with E-state index < -0.39 is 35.0 Å². The lowest BCUT2D eigenvalue weighted by Gasteiger charge is -2.22. The summed E-state index contributed by atoms with van der Waals surface area (Å²) in [4.78, 5) is 13.4. The van der Waals surface area contributed by atoms with E-state index in [0.717, 1.165) is 5.69 Å². The molecule has 0 unspecified atom stereocenters. The number of halogens is 2. The van der Waals surface area contributed by atoms with Crippen LogP contribution in [0.1, 0.15) is 30.0 Å². The number of anilines is 1. The van der Waals surface area contributed by atoms with E-state index >= 15 is 0 Å². The highest BCUT2D eigenvalue weighted by Gasteiger charge is 2.35. The molecule has 1 amide bonds. The van der Waals surface area contributed by atoms with Crippen molar-refractivity contribution in [2.45, 2.75) is 38.3 Å². The third-order valence-electron chi connectivity index (χ3n) is 5.11. The van der Waals surface area contributed by atoms with Crippen molar-refractivity contribution < 1.29 is 22.9 Å². The summed E-state index contributed by atoms with van der Waals surface area (Å²) >= 11 is -0.654. The first kappa shape index (κ1) is 19.1. The maximum absolute atomic E-state index is 14.7. The third kappa shape index (κ3) is 3.83. The van der Waals surface area contributed by atoms with E-state index in [4.69, 9.17) is 4.74 Å². The minimum atomic E-state index is -0.664. The molecule has 28 heavy (non-hydrogen) atoms. The largest absolute Gasteiger partial charge is 0.442 e. The van der Waals surface area contributed by atoms with Crippen LogP contribution in [0, 0.1) is 18.6 Å². The zero-order valence-corrected chi connectivity index (χ0v) is 16.2. The van der Waals surface area contributed by atoms with Crippen LogP contribution in [0.5, 0.6) is 0 Å². The first-order chi connectivity index (χ1) is 13.4. The van der Waals surface area contributed by atoms with Gasteiger partial charge in [-0.1, -0.05) is 5.21 Å². The molecule has 1 aromatic carbocycles. The van der Waals surface area contributed by atoms with Crippen LogP contribution < -0.4 is 4.90 Å². The normalized spacial score (nSPS) is 25.2. The van der Waals surface area contributed by atoms with E-state index in [0.29, 0.717) is 30.9 Å². The molecule has 2 saturated heterocycles. The van der Waals surface area contributed by atoms with Gasteiger partial charge in [0.05, 0.1) is 24.5 Å². The molecule has 2 aromatic rings. The Kier molecular flexibility index (Phi) is 5.24. The van der Waals surface area contributed by atoms with E-state index in [1.165, 1.54) is 17.0 Å². The van der Waals surface area contributed by atoms with E-state index in [1.807, 2.05) is 0 Å². The number of hydrogen-bond donors (Lipinski definition) is 1. The Hall–Kier alpha value is -2.20. The van der Waals surface area contributed by atoms with Gasteiger partial charge in [0.1, 0.15) is 40.4 Å². The van der Waals surface area contributed by atoms with Crippen molar-refractivity contribution in [3.63, 3.8) is 0 Å². The second-order valence-corrected chi connectivity index (χ2v) is 8.91. The molecule has 7 nitrogen and oxygen atoms in total. The van der Waals surface area contributed by atoms with Crippen molar-refractivity contribution in [1.29, 1.82) is 0 Å². The Balaban J connectivity index is 1.50. The molecule has 2 aliphatic heterocycles. The fraction of sp³-hybridized carbons (Fsp3) is 0.500. The van der Waals surface area contributed by atoms with Gasteiger partial charge in [-0.15, -0.1) is 5.10 Å². The van der Waals surface area contributed by atoms with E-state index in [9.17, 15) is 18.1 Å². The summed E-state index contributed by atoms with van der Waals surface area (Å²) < 4.78 is 45.9. The Morgan fingerprint density at radius 2 is 1.96 bits per heavy atom. The lowest BCUT2D eigenvalue weighted by molar-refractivity contribution is 0.129. The maximum atomic E-state index is 14.7. The molecule has 10 heteroatoms. The highest BCUT2D eigenvalue weighted by molar-refractivity contribution is 7.91. The van der Waals surface area contributed by atoms with Crippen molar-refractivity contribution in [3.05, 3.63) is 41.2 Å². The summed E-state index contributed by atoms with van der Waals surface area (Å²) in [6, 6.07) is 2.38. The number of aryl methyl sites for hydroxylation is 1. The van der Waals surface area contributed by atoms with Crippen LogP contribution in [-0.2, 0) is 22.5 Å². The number of rotatable bonds is 4. The van der Waals surface area contributed by atoms with Crippen LogP contribution in [-0.4, -0.2) is 49.8 Å². The van der Waals surface area contributed by atoms with Crippen LogP contribution >= 0.6 is 0 Å². The molecule has 4 rings (SSSR count). The molecule has 2 aliphatic rings. The van der Waals surface area contributed by atoms with Gasteiger partial charge in [0.25, 0.3) is 0 Å². The molecule has 1 aromatic heterocycles. The Bertz CT molecular complexity index is 862. The average molecular weight is 411 g/mol. The molecule has 3 heterocycles. The Morgan fingerprint density at radius 3 is 2.57 bits per heavy atom. The number of carbonyl (C=O) groups is 1. The van der Waals surface area contributed by atoms with Gasteiger partial charge in [-0.3, -0.25) is 4.90 Å². The zero-order chi connectivity index (χ0) is 19.8. The van der Waals surface area contributed by atoms with E-state index in [2.05, 4.69) is 10.3 Å². The van der Waals surface area contributed by atoms with Gasteiger partial charge >= 0.3 is 6.09 Å². The zero-order valence-electron chi connectivity index (χ0n) is 15.3. The van der Waals surface area contributed by atoms with Crippen molar-refractivity contribution in [3.8, 4) is 0 Å². The molecular formula is C18H21F2N4O3S+. The lowest BCUT2D eigenvalue weighted by atomic mass is 9.92. The first-order valence-electron chi connectivity index (χ1n) is 9.11. The summed E-state index contributed by atoms with van der Waals surface area (Å²) in [5.74, 6) is -0.454. The van der Waals surface area contributed by atoms with Crippen molar-refractivity contribution in [2.75, 3.05) is 23.0 Å². The van der Waals surface area contributed by atoms with Gasteiger partial charge in [0.15, 0.2) is 0 Å². The Labute approximate surface area is 163 Å². The van der Waals surface area contributed by atoms with Gasteiger partial charge < -0.3 is 4.74 Å². The van der Waals surface area contributed by atoms with Gasteiger partial charge in [-0.2, -0.15) is 4.55 Å². The molecule has 2 fully saturated rings. The first-order valence-corrected chi connectivity index (χ1v) is 10.6. The predicted octanol–water partition coefficient (Wildman–Crippen LogP) is 2.86. The van der Waals surface area contributed by atoms with Crippen LogP contribution in [0.4, 0.5) is 19.3 Å². The quantitative estimate of drug-likeness (QED) is 0.783. The standard InChI is InChI=1S/C18H21F2N4O3S/c1-11-8-23(22-21-11)9-14-10-24(18(25)27-14)13-6-15(19)17(16(20)7-13)12-2-4-28(26)5-3-12/h6-8,12,14,26H,2-5,9-10H2,1H3/q+1/t12?,14-,28?/m0/s1. The minimum Gasteiger partial charge on any atom is -0.442 e. The molecule has 1 N–H and O–H groups in total. The molecule has 0 radical (unpaired) electrons. The van der Waals surface area contributed by atoms with Crippen LogP contribution in [0.2, 0.25) is 0 Å². The van der Waals surface area contributed by atoms with Crippen LogP contribution in [0.15, 0.2) is 18.3 Å². The number of aromatic nitrogens is 3. The monoisotopic (exact) mass is 411 g/mol. The highest BCUT2D eigenvalue weighted by atomic mass is 32.2. The summed E-state index contributed by atoms with van der Waals surface area (Å²) in [5, 5.41) is 7.80. The fourth-order valence-electron chi connectivity index (χ4n) is 3.73. The number of cyclic esters (lactones) is 1. The number of nitrogens with zero attached hydrogens (tertiary/aromatic N) is 4. The second-order valence-electron chi connectivity index (χ2n) is 7.17. The Morgan fingerprint density at radius 1 is 1.29 bits per heavy atom. The SMILES string of the molecule is Cc1cn(C[C@H]2CN(c3cc(F)c(C4CC[S+](O)CC4)c(F)c3)C(=O)O2)nn1. The number of benzene rings is 1. The maximum Gasteiger partial charge on any atom is 0.414 e. The molecule has 0 spiro atoms. The van der Waals surface area contributed by atoms with Gasteiger partial charge in [0.2, 0.25) is 0 Å². The topological polar surface area (TPSA) is 80.5 Å². The number of carbonyl (C=O) groups excluding carboxylic acids is 1. The molecule has 0 bridgehead atoms. The van der Waals surface area contributed by atoms with Crippen molar-refractivity contribution >= 4 is 23.0 Å². The fourth-order valence-corrected chi connectivity index (χ4v) is 5.05. The number of hydrogen-bond acceptors (Lipinski definition) is 5. The van der Waals surface area contributed by atoms with Gasteiger partial charge in [-0.05, 0) is 25.0 Å². The molecule has 0 aliphatic carbocycles. The smallest absolute Gasteiger partial charge is 0.414 e.